The van der Waals surface area contributed by atoms with Gasteiger partial charge in [0.2, 0.25) is 10.0 Å². The minimum Gasteiger partial charge on any atom is -0.379 e. The minimum absolute atomic E-state index is 0.239. The number of morpholine rings is 1. The van der Waals surface area contributed by atoms with Gasteiger partial charge in [-0.25, -0.2) is 8.42 Å². The number of fused-ring (bicyclic) bond motifs is 1. The van der Waals surface area contributed by atoms with Crippen molar-refractivity contribution in [2.45, 2.75) is 25.9 Å². The molecule has 1 aromatic heterocycles. The summed E-state index contributed by atoms with van der Waals surface area (Å²) in [5.74, 6) is 6.34. The average Bonchev–Trinajstić information content (AvgIpc) is 3.34. The molecule has 0 bridgehead atoms. The number of nitrogens with one attached hydrogen (secondary N) is 1. The molecule has 3 heterocycles. The first kappa shape index (κ1) is 29.1. The van der Waals surface area contributed by atoms with E-state index in [0.29, 0.717) is 30.1 Å². The average molecular weight is 593 g/mol. The Hall–Kier alpha value is -3.38. The Labute approximate surface area is 246 Å². The molecule has 2 aliphatic rings. The van der Waals surface area contributed by atoms with Crippen LogP contribution in [0, 0.1) is 23.2 Å². The molecule has 0 radical (unpaired) electrons. The van der Waals surface area contributed by atoms with E-state index in [1.54, 1.807) is 0 Å². The van der Waals surface area contributed by atoms with Crippen molar-refractivity contribution in [1.29, 1.82) is 5.26 Å². The second-order valence-corrected chi connectivity index (χ2v) is 12.6. The van der Waals surface area contributed by atoms with Crippen molar-refractivity contribution >= 4 is 27.3 Å². The lowest BCUT2D eigenvalue weighted by Gasteiger charge is -2.27. The maximum absolute atomic E-state index is 12.4. The van der Waals surface area contributed by atoms with Crippen molar-refractivity contribution < 1.29 is 13.2 Å². The number of hydrogen-bond donors (Lipinski definition) is 1. The van der Waals surface area contributed by atoms with E-state index < -0.39 is 10.0 Å². The summed E-state index contributed by atoms with van der Waals surface area (Å²) < 4.78 is 33.9. The fraction of sp³-hybridized carbons (Fsp3) is 0.400. The third-order valence-electron chi connectivity index (χ3n) is 7.35. The van der Waals surface area contributed by atoms with Crippen molar-refractivity contribution in [3.05, 3.63) is 69.9 Å². The lowest BCUT2D eigenvalue weighted by Crippen LogP contribution is -2.37. The number of aromatic nitrogens is 2. The SMILES string of the molecule is CS(=O)(=O)N1CCc2c(c(-c3ccc(Cl)c(C#Cc4ccc(NCC#N)cc4)c3)nn2CCCN2CCOCC2)C1. The van der Waals surface area contributed by atoms with E-state index in [1.807, 2.05) is 42.5 Å². The van der Waals surface area contributed by atoms with Crippen molar-refractivity contribution in [3.8, 4) is 29.2 Å². The molecule has 0 spiro atoms. The summed E-state index contributed by atoms with van der Waals surface area (Å²) in [6, 6.07) is 15.3. The van der Waals surface area contributed by atoms with Crippen LogP contribution < -0.4 is 5.32 Å². The van der Waals surface area contributed by atoms with Gasteiger partial charge in [-0.3, -0.25) is 9.58 Å². The van der Waals surface area contributed by atoms with Crippen LogP contribution in [0.4, 0.5) is 5.69 Å². The highest BCUT2D eigenvalue weighted by Crippen LogP contribution is 2.33. The molecule has 3 aromatic rings. The van der Waals surface area contributed by atoms with Gasteiger partial charge in [-0.1, -0.05) is 29.5 Å². The second-order valence-electron chi connectivity index (χ2n) is 10.2. The maximum atomic E-state index is 12.4. The first-order valence-corrected chi connectivity index (χ1v) is 15.9. The summed E-state index contributed by atoms with van der Waals surface area (Å²) >= 11 is 6.54. The predicted octanol–water partition coefficient (Wildman–Crippen LogP) is 3.58. The number of ether oxygens (including phenoxy) is 1. The molecule has 0 saturated carbocycles. The van der Waals surface area contributed by atoms with Crippen LogP contribution in [0.5, 0.6) is 0 Å². The Morgan fingerprint density at radius 3 is 2.59 bits per heavy atom. The van der Waals surface area contributed by atoms with Gasteiger partial charge in [-0.15, -0.1) is 0 Å². The molecule has 0 atom stereocenters. The van der Waals surface area contributed by atoms with Gasteiger partial charge >= 0.3 is 0 Å². The van der Waals surface area contributed by atoms with E-state index in [4.69, 9.17) is 26.7 Å². The zero-order valence-corrected chi connectivity index (χ0v) is 24.6. The monoisotopic (exact) mass is 592 g/mol. The third-order valence-corrected chi connectivity index (χ3v) is 8.93. The minimum atomic E-state index is -3.34. The zero-order chi connectivity index (χ0) is 28.8. The largest absolute Gasteiger partial charge is 0.379 e. The van der Waals surface area contributed by atoms with Crippen LogP contribution in [0.15, 0.2) is 42.5 Å². The number of nitriles is 1. The molecular formula is C30H33ClN6O3S. The molecule has 0 unspecified atom stereocenters. The predicted molar refractivity (Wildman–Crippen MR) is 160 cm³/mol. The van der Waals surface area contributed by atoms with Gasteiger partial charge in [0.15, 0.2) is 0 Å². The van der Waals surface area contributed by atoms with Gasteiger partial charge in [-0.2, -0.15) is 14.7 Å². The van der Waals surface area contributed by atoms with Gasteiger partial charge in [0.25, 0.3) is 0 Å². The summed E-state index contributed by atoms with van der Waals surface area (Å²) in [6.45, 7) is 6.15. The van der Waals surface area contributed by atoms with Crippen LogP contribution in [0.25, 0.3) is 11.3 Å². The van der Waals surface area contributed by atoms with E-state index in [0.717, 1.165) is 79.6 Å². The van der Waals surface area contributed by atoms with E-state index in [1.165, 1.54) is 10.6 Å². The van der Waals surface area contributed by atoms with Crippen molar-refractivity contribution in [1.82, 2.24) is 19.0 Å². The van der Waals surface area contributed by atoms with Crippen LogP contribution in [0.2, 0.25) is 5.02 Å². The Kier molecular flexibility index (Phi) is 9.29. The number of aryl methyl sites for hydroxylation is 1. The lowest BCUT2D eigenvalue weighted by molar-refractivity contribution is 0.0368. The van der Waals surface area contributed by atoms with Crippen LogP contribution in [0.1, 0.15) is 28.8 Å². The summed E-state index contributed by atoms with van der Waals surface area (Å²) in [5.41, 5.74) is 6.00. The number of halogens is 1. The molecule has 11 heteroatoms. The lowest BCUT2D eigenvalue weighted by atomic mass is 10.0. The molecule has 5 rings (SSSR count). The highest BCUT2D eigenvalue weighted by atomic mass is 35.5. The number of hydrogen-bond acceptors (Lipinski definition) is 7. The van der Waals surface area contributed by atoms with Gasteiger partial charge in [0.1, 0.15) is 6.54 Å². The molecule has 1 saturated heterocycles. The number of benzene rings is 2. The molecule has 0 aliphatic carbocycles. The fourth-order valence-electron chi connectivity index (χ4n) is 5.16. The molecule has 2 aliphatic heterocycles. The highest BCUT2D eigenvalue weighted by Gasteiger charge is 2.30. The molecule has 9 nitrogen and oxygen atoms in total. The second kappa shape index (κ2) is 13.1. The molecule has 1 N–H and O–H groups in total. The summed E-state index contributed by atoms with van der Waals surface area (Å²) in [5, 5.41) is 17.3. The Morgan fingerprint density at radius 1 is 1.07 bits per heavy atom. The topological polar surface area (TPSA) is 103 Å². The van der Waals surface area contributed by atoms with E-state index in [-0.39, 0.29) is 6.54 Å². The smallest absolute Gasteiger partial charge is 0.211 e. The molecule has 2 aromatic carbocycles. The Morgan fingerprint density at radius 2 is 1.85 bits per heavy atom. The van der Waals surface area contributed by atoms with Gasteiger partial charge in [0.05, 0.1) is 36.3 Å². The maximum Gasteiger partial charge on any atom is 0.211 e. The van der Waals surface area contributed by atoms with Crippen molar-refractivity contribution in [2.24, 2.45) is 0 Å². The fourth-order valence-corrected chi connectivity index (χ4v) is 6.11. The van der Waals surface area contributed by atoms with Crippen molar-refractivity contribution in [3.63, 3.8) is 0 Å². The first-order chi connectivity index (χ1) is 19.8. The molecular weight excluding hydrogens is 560 g/mol. The van der Waals surface area contributed by atoms with Crippen molar-refractivity contribution in [2.75, 3.05) is 57.5 Å². The van der Waals surface area contributed by atoms with E-state index in [2.05, 4.69) is 32.8 Å². The van der Waals surface area contributed by atoms with Crippen LogP contribution in [-0.4, -0.2) is 79.6 Å². The number of anilines is 1. The van der Waals surface area contributed by atoms with Crippen LogP contribution >= 0.6 is 11.6 Å². The van der Waals surface area contributed by atoms with Gasteiger partial charge in [-0.05, 0) is 42.8 Å². The van der Waals surface area contributed by atoms with Crippen LogP contribution in [0.3, 0.4) is 0 Å². The molecule has 41 heavy (non-hydrogen) atoms. The summed E-state index contributed by atoms with van der Waals surface area (Å²) in [7, 11) is -3.34. The summed E-state index contributed by atoms with van der Waals surface area (Å²) in [4.78, 5) is 2.41. The van der Waals surface area contributed by atoms with Gasteiger partial charge < -0.3 is 10.1 Å². The van der Waals surface area contributed by atoms with E-state index >= 15 is 0 Å². The molecule has 1 fully saturated rings. The highest BCUT2D eigenvalue weighted by molar-refractivity contribution is 7.88. The zero-order valence-electron chi connectivity index (χ0n) is 23.1. The summed E-state index contributed by atoms with van der Waals surface area (Å²) in [6.07, 6.45) is 2.82. The normalized spacial score (nSPS) is 15.9. The molecule has 0 amide bonds. The Balaban J connectivity index is 1.41. The molecule has 214 valence electrons. The number of nitrogens with zero attached hydrogens (tertiary/aromatic N) is 5. The standard InChI is InChI=1S/C30H33ClN6O3S/c1-41(38,39)36-16-11-29-27(22-36)30(34-37(29)15-2-14-35-17-19-40-20-18-35)25-7-10-28(31)24(21-25)6-3-23-4-8-26(9-5-23)33-13-12-32/h4-5,7-10,21,33H,2,11,13-20,22H2,1H3. The third kappa shape index (κ3) is 7.28. The number of sulfonamides is 1. The number of rotatable bonds is 8. The van der Waals surface area contributed by atoms with Crippen LogP contribution in [-0.2, 0) is 34.3 Å². The van der Waals surface area contributed by atoms with Gasteiger partial charge in [0, 0.05) is 79.3 Å². The first-order valence-electron chi connectivity index (χ1n) is 13.7. The van der Waals surface area contributed by atoms with E-state index in [9.17, 15) is 8.42 Å². The Bertz CT molecular complexity index is 1600. The quantitative estimate of drug-likeness (QED) is 0.315.